The number of thioether (sulfide) groups is 1. The van der Waals surface area contributed by atoms with E-state index in [0.717, 1.165) is 46.7 Å². The Bertz CT molecular complexity index is 1740. The van der Waals surface area contributed by atoms with E-state index in [1.54, 1.807) is 12.1 Å². The number of para-hydroxylation sites is 1. The molecular formula is C31H25ClN4O4S2. The van der Waals surface area contributed by atoms with E-state index in [-0.39, 0.29) is 11.7 Å². The number of amides is 1. The van der Waals surface area contributed by atoms with Crippen molar-refractivity contribution < 1.29 is 19.1 Å². The third-order valence-corrected chi connectivity index (χ3v) is 9.09. The van der Waals surface area contributed by atoms with Gasteiger partial charge in [-0.05, 0) is 85.5 Å². The number of anilines is 1. The number of rotatable bonds is 9. The highest BCUT2D eigenvalue weighted by Gasteiger charge is 2.28. The lowest BCUT2D eigenvalue weighted by Crippen LogP contribution is -2.16. The molecule has 1 aliphatic rings. The number of benzene rings is 3. The van der Waals surface area contributed by atoms with Crippen LogP contribution in [0.4, 0.5) is 5.00 Å². The minimum Gasteiger partial charge on any atom is -0.465 e. The fourth-order valence-electron chi connectivity index (χ4n) is 4.77. The van der Waals surface area contributed by atoms with Gasteiger partial charge in [-0.2, -0.15) is 0 Å². The van der Waals surface area contributed by atoms with Crippen LogP contribution in [-0.2, 0) is 22.4 Å². The van der Waals surface area contributed by atoms with Gasteiger partial charge in [0.1, 0.15) is 16.5 Å². The second-order valence-corrected chi connectivity index (χ2v) is 11.9. The summed E-state index contributed by atoms with van der Waals surface area (Å²) in [7, 11) is 1.36. The molecule has 1 amide bonds. The second kappa shape index (κ2) is 12.4. The Morgan fingerprint density at radius 3 is 2.45 bits per heavy atom. The fourth-order valence-corrected chi connectivity index (χ4v) is 6.94. The van der Waals surface area contributed by atoms with Gasteiger partial charge in [0.15, 0.2) is 11.0 Å². The Morgan fingerprint density at radius 2 is 1.71 bits per heavy atom. The molecule has 1 aliphatic carbocycles. The molecule has 6 rings (SSSR count). The van der Waals surface area contributed by atoms with E-state index in [1.807, 2.05) is 71.3 Å². The first kappa shape index (κ1) is 28.0. The van der Waals surface area contributed by atoms with E-state index < -0.39 is 5.97 Å². The number of fused-ring (bicyclic) bond motifs is 1. The first-order chi connectivity index (χ1) is 20.5. The lowest BCUT2D eigenvalue weighted by molar-refractivity contribution is -0.113. The van der Waals surface area contributed by atoms with Gasteiger partial charge in [-0.3, -0.25) is 9.36 Å². The Hall–Kier alpha value is -4.12. The summed E-state index contributed by atoms with van der Waals surface area (Å²) in [5, 5.41) is 13.5. The summed E-state index contributed by atoms with van der Waals surface area (Å²) in [5.74, 6) is 1.42. The van der Waals surface area contributed by atoms with Gasteiger partial charge in [-0.25, -0.2) is 4.79 Å². The van der Waals surface area contributed by atoms with E-state index in [4.69, 9.17) is 21.1 Å². The Balaban J connectivity index is 1.25. The van der Waals surface area contributed by atoms with E-state index >= 15 is 0 Å². The minimum atomic E-state index is -0.426. The minimum absolute atomic E-state index is 0.0666. The molecule has 5 aromatic rings. The zero-order valence-electron chi connectivity index (χ0n) is 22.5. The number of nitrogens with zero attached hydrogens (tertiary/aromatic N) is 3. The number of esters is 1. The molecule has 11 heteroatoms. The molecule has 2 aromatic heterocycles. The van der Waals surface area contributed by atoms with Crippen molar-refractivity contribution in [2.45, 2.75) is 24.4 Å². The van der Waals surface area contributed by atoms with Crippen molar-refractivity contribution in [2.24, 2.45) is 0 Å². The second-order valence-electron chi connectivity index (χ2n) is 9.45. The fraction of sp³-hybridized carbons (Fsp3) is 0.161. The number of halogens is 1. The molecule has 0 bridgehead atoms. The normalized spacial score (nSPS) is 12.1. The molecular weight excluding hydrogens is 592 g/mol. The Morgan fingerprint density at radius 1 is 0.976 bits per heavy atom. The topological polar surface area (TPSA) is 95.3 Å². The number of hydrogen-bond acceptors (Lipinski definition) is 8. The van der Waals surface area contributed by atoms with Crippen LogP contribution in [0.15, 0.2) is 84.0 Å². The maximum absolute atomic E-state index is 13.1. The van der Waals surface area contributed by atoms with Crippen molar-refractivity contribution in [3.8, 4) is 28.6 Å². The van der Waals surface area contributed by atoms with Gasteiger partial charge >= 0.3 is 5.97 Å². The average Bonchev–Trinajstić information content (AvgIpc) is 3.72. The van der Waals surface area contributed by atoms with Gasteiger partial charge < -0.3 is 14.8 Å². The Labute approximate surface area is 255 Å². The number of carbonyl (C=O) groups excluding carboxylic acids is 2. The van der Waals surface area contributed by atoms with Gasteiger partial charge in [0.05, 0.1) is 18.4 Å². The van der Waals surface area contributed by atoms with Crippen molar-refractivity contribution in [1.29, 1.82) is 0 Å². The molecule has 212 valence electrons. The summed E-state index contributed by atoms with van der Waals surface area (Å²) in [4.78, 5) is 26.7. The van der Waals surface area contributed by atoms with Crippen LogP contribution in [-0.4, -0.2) is 39.5 Å². The lowest BCUT2D eigenvalue weighted by atomic mass is 10.1. The van der Waals surface area contributed by atoms with Crippen LogP contribution in [0, 0.1) is 0 Å². The standard InChI is InChI=1S/C31H25ClN4O4S2/c1-39-30(38)27-24-8-5-9-25(24)42-29(27)33-26(37)18-41-31-35-34-28(19-10-12-20(32)13-11-19)36(31)21-14-16-23(17-15-21)40-22-6-3-2-4-7-22/h2-4,6-7,10-17H,5,8-9,18H2,1H3,(H,33,37). The van der Waals surface area contributed by atoms with Crippen molar-refractivity contribution >= 4 is 51.6 Å². The number of aryl methyl sites for hydroxylation is 1. The molecule has 42 heavy (non-hydrogen) atoms. The molecule has 1 N–H and O–H groups in total. The molecule has 0 atom stereocenters. The smallest absolute Gasteiger partial charge is 0.341 e. The molecule has 0 spiro atoms. The summed E-state index contributed by atoms with van der Waals surface area (Å²) < 4.78 is 12.9. The van der Waals surface area contributed by atoms with E-state index in [2.05, 4.69) is 15.5 Å². The molecule has 0 saturated carbocycles. The molecule has 0 radical (unpaired) electrons. The maximum atomic E-state index is 13.1. The molecule has 0 fully saturated rings. The molecule has 8 nitrogen and oxygen atoms in total. The zero-order chi connectivity index (χ0) is 29.1. The zero-order valence-corrected chi connectivity index (χ0v) is 24.9. The van der Waals surface area contributed by atoms with Crippen LogP contribution in [0.25, 0.3) is 17.1 Å². The summed E-state index contributed by atoms with van der Waals surface area (Å²) in [6.07, 6.45) is 2.72. The maximum Gasteiger partial charge on any atom is 0.341 e. The van der Waals surface area contributed by atoms with Gasteiger partial charge in [0.2, 0.25) is 5.91 Å². The lowest BCUT2D eigenvalue weighted by Gasteiger charge is -2.12. The quantitative estimate of drug-likeness (QED) is 0.136. The molecule has 2 heterocycles. The number of thiophene rings is 1. The third-order valence-electron chi connectivity index (χ3n) is 6.71. The van der Waals surface area contributed by atoms with Crippen LogP contribution < -0.4 is 10.1 Å². The summed E-state index contributed by atoms with van der Waals surface area (Å²) in [5.41, 5.74) is 3.08. The molecule has 0 aliphatic heterocycles. The number of aromatic nitrogens is 3. The van der Waals surface area contributed by atoms with Crippen LogP contribution in [0.3, 0.4) is 0 Å². The third kappa shape index (κ3) is 5.92. The van der Waals surface area contributed by atoms with Crippen LogP contribution >= 0.6 is 34.7 Å². The van der Waals surface area contributed by atoms with Crippen molar-refractivity contribution in [2.75, 3.05) is 18.2 Å². The molecule has 0 unspecified atom stereocenters. The highest BCUT2D eigenvalue weighted by atomic mass is 35.5. The summed E-state index contributed by atoms with van der Waals surface area (Å²) >= 11 is 8.83. The summed E-state index contributed by atoms with van der Waals surface area (Å²) in [6, 6.07) is 24.5. The molecule has 3 aromatic carbocycles. The average molecular weight is 617 g/mol. The number of hydrogen-bond donors (Lipinski definition) is 1. The van der Waals surface area contributed by atoms with E-state index in [9.17, 15) is 9.59 Å². The van der Waals surface area contributed by atoms with Gasteiger partial charge in [-0.15, -0.1) is 21.5 Å². The van der Waals surface area contributed by atoms with Gasteiger partial charge in [-0.1, -0.05) is 41.6 Å². The van der Waals surface area contributed by atoms with Crippen molar-refractivity contribution in [3.63, 3.8) is 0 Å². The van der Waals surface area contributed by atoms with Crippen LogP contribution in [0.1, 0.15) is 27.2 Å². The number of nitrogens with one attached hydrogen (secondary N) is 1. The SMILES string of the molecule is COC(=O)c1c(NC(=O)CSc2nnc(-c3ccc(Cl)cc3)n2-c2ccc(Oc3ccccc3)cc2)sc2c1CCC2. The number of ether oxygens (including phenoxy) is 2. The Kier molecular flexibility index (Phi) is 8.27. The molecule has 0 saturated heterocycles. The summed E-state index contributed by atoms with van der Waals surface area (Å²) in [6.45, 7) is 0. The number of carbonyl (C=O) groups is 2. The largest absolute Gasteiger partial charge is 0.465 e. The van der Waals surface area contributed by atoms with Crippen LogP contribution in [0.2, 0.25) is 5.02 Å². The highest BCUT2D eigenvalue weighted by molar-refractivity contribution is 7.99. The predicted octanol–water partition coefficient (Wildman–Crippen LogP) is 7.45. The van der Waals surface area contributed by atoms with Gasteiger partial charge in [0, 0.05) is 21.2 Å². The van der Waals surface area contributed by atoms with Crippen LogP contribution in [0.5, 0.6) is 11.5 Å². The van der Waals surface area contributed by atoms with E-state index in [0.29, 0.717) is 32.3 Å². The monoisotopic (exact) mass is 616 g/mol. The van der Waals surface area contributed by atoms with E-state index in [1.165, 1.54) is 30.2 Å². The highest BCUT2D eigenvalue weighted by Crippen LogP contribution is 2.39. The van der Waals surface area contributed by atoms with Gasteiger partial charge in [0.25, 0.3) is 0 Å². The number of methoxy groups -OCH3 is 1. The predicted molar refractivity (Wildman–Crippen MR) is 165 cm³/mol. The first-order valence-electron chi connectivity index (χ1n) is 13.2. The van der Waals surface area contributed by atoms with Crippen molar-refractivity contribution in [3.05, 3.63) is 99.9 Å². The first-order valence-corrected chi connectivity index (χ1v) is 15.4. The van der Waals surface area contributed by atoms with Crippen molar-refractivity contribution in [1.82, 2.24) is 14.8 Å².